The number of rotatable bonds is 7. The number of nitrogens with zero attached hydrogens (tertiary/aromatic N) is 3. The quantitative estimate of drug-likeness (QED) is 0.220. The van der Waals surface area contributed by atoms with Crippen molar-refractivity contribution in [3.05, 3.63) is 95.8 Å². The van der Waals surface area contributed by atoms with Crippen LogP contribution in [0.2, 0.25) is 0 Å². The second-order valence-corrected chi connectivity index (χ2v) is 5.56. The number of allylic oxidation sites excluding steroid dienone is 3. The Hall–Kier alpha value is -4.07. The van der Waals surface area contributed by atoms with E-state index in [0.717, 1.165) is 12.1 Å². The molecule has 0 aliphatic rings. The monoisotopic (exact) mass is 408 g/mol. The number of hydrogen-bond acceptors (Lipinski definition) is 6. The second kappa shape index (κ2) is 10.5. The third-order valence-corrected chi connectivity index (χ3v) is 3.74. The smallest absolute Gasteiger partial charge is 0.305 e. The summed E-state index contributed by atoms with van der Waals surface area (Å²) in [5, 5.41) is 14.4. The summed E-state index contributed by atoms with van der Waals surface area (Å²) in [7, 11) is 0. The second-order valence-electron chi connectivity index (χ2n) is 5.56. The highest BCUT2D eigenvalue weighted by Gasteiger charge is 2.17. The summed E-state index contributed by atoms with van der Waals surface area (Å²) in [6.07, 6.45) is 6.09. The summed E-state index contributed by atoms with van der Waals surface area (Å²) in [6.45, 7) is 11.3. The molecule has 1 N–H and O–H groups in total. The summed E-state index contributed by atoms with van der Waals surface area (Å²) in [5.41, 5.74) is 0.276. The molecule has 0 aliphatic heterocycles. The summed E-state index contributed by atoms with van der Waals surface area (Å²) in [4.78, 5) is 18.3. The third kappa shape index (κ3) is 5.26. The number of nitro groups is 1. The lowest BCUT2D eigenvalue weighted by atomic mass is 10.2. The van der Waals surface area contributed by atoms with E-state index in [1.807, 2.05) is 13.8 Å². The molecule has 1 aromatic heterocycles. The van der Waals surface area contributed by atoms with E-state index in [1.165, 1.54) is 6.33 Å². The molecule has 0 saturated carbocycles. The molecule has 0 aliphatic carbocycles. The van der Waals surface area contributed by atoms with Crippen molar-refractivity contribution in [3.8, 4) is 5.75 Å². The van der Waals surface area contributed by atoms with Crippen LogP contribution in [-0.4, -0.2) is 14.9 Å². The molecule has 8 heteroatoms. The van der Waals surface area contributed by atoms with E-state index in [2.05, 4.69) is 28.4 Å². The van der Waals surface area contributed by atoms with Crippen LogP contribution in [0.3, 0.4) is 0 Å². The van der Waals surface area contributed by atoms with Crippen molar-refractivity contribution in [2.24, 2.45) is 0 Å². The minimum absolute atomic E-state index is 0.255. The van der Waals surface area contributed by atoms with Gasteiger partial charge in [-0.15, -0.1) is 0 Å². The SMILES string of the molecule is C=C/C=C(\C=C)Oc1ccc(Nc2ncnc3cc(F)c([N+](=O)[O-])cc23)cc1.CC. The third-order valence-electron chi connectivity index (χ3n) is 3.74. The van der Waals surface area contributed by atoms with Gasteiger partial charge in [0.15, 0.2) is 0 Å². The number of nitro benzene ring substituents is 1. The van der Waals surface area contributed by atoms with Crippen molar-refractivity contribution in [2.75, 3.05) is 5.32 Å². The van der Waals surface area contributed by atoms with Gasteiger partial charge >= 0.3 is 5.69 Å². The Morgan fingerprint density at radius 2 is 1.90 bits per heavy atom. The Balaban J connectivity index is 0.00000155. The van der Waals surface area contributed by atoms with Gasteiger partial charge in [0, 0.05) is 17.8 Å². The van der Waals surface area contributed by atoms with Gasteiger partial charge in [0.1, 0.15) is 23.7 Å². The average Bonchev–Trinajstić information content (AvgIpc) is 2.75. The lowest BCUT2D eigenvalue weighted by molar-refractivity contribution is -0.387. The molecule has 0 fully saturated rings. The van der Waals surface area contributed by atoms with Crippen LogP contribution in [0.1, 0.15) is 13.8 Å². The van der Waals surface area contributed by atoms with Gasteiger partial charge in [0.05, 0.1) is 15.8 Å². The Kier molecular flexibility index (Phi) is 7.75. The van der Waals surface area contributed by atoms with E-state index in [-0.39, 0.29) is 5.52 Å². The minimum atomic E-state index is -0.950. The molecule has 0 atom stereocenters. The fraction of sp³-hybridized carbons (Fsp3) is 0.0909. The molecule has 154 valence electrons. The first-order valence-corrected chi connectivity index (χ1v) is 9.10. The number of benzene rings is 2. The maximum Gasteiger partial charge on any atom is 0.305 e. The summed E-state index contributed by atoms with van der Waals surface area (Å²) in [6, 6.07) is 9.08. The van der Waals surface area contributed by atoms with Crippen LogP contribution in [0.25, 0.3) is 10.9 Å². The largest absolute Gasteiger partial charge is 0.457 e. The molecule has 0 amide bonds. The number of nitrogens with one attached hydrogen (secondary N) is 1. The van der Waals surface area contributed by atoms with Crippen molar-refractivity contribution in [2.45, 2.75) is 13.8 Å². The summed E-state index contributed by atoms with van der Waals surface area (Å²) >= 11 is 0. The number of hydrogen-bond donors (Lipinski definition) is 1. The normalized spacial score (nSPS) is 10.6. The van der Waals surface area contributed by atoms with Crippen LogP contribution in [0.15, 0.2) is 79.9 Å². The van der Waals surface area contributed by atoms with E-state index in [4.69, 9.17) is 4.74 Å². The first kappa shape index (κ1) is 22.2. The van der Waals surface area contributed by atoms with Gasteiger partial charge in [0.2, 0.25) is 5.82 Å². The Bertz CT molecular complexity index is 1100. The number of fused-ring (bicyclic) bond motifs is 1. The van der Waals surface area contributed by atoms with E-state index in [1.54, 1.807) is 42.5 Å². The van der Waals surface area contributed by atoms with Gasteiger partial charge in [-0.05, 0) is 36.4 Å². The molecule has 1 heterocycles. The highest BCUT2D eigenvalue weighted by molar-refractivity contribution is 5.92. The van der Waals surface area contributed by atoms with Crippen molar-refractivity contribution in [1.82, 2.24) is 9.97 Å². The lowest BCUT2D eigenvalue weighted by Crippen LogP contribution is -1.99. The highest BCUT2D eigenvalue weighted by Crippen LogP contribution is 2.29. The number of anilines is 2. The summed E-state index contributed by atoms with van der Waals surface area (Å²) < 4.78 is 19.4. The van der Waals surface area contributed by atoms with Gasteiger partial charge < -0.3 is 10.1 Å². The molecule has 0 unspecified atom stereocenters. The summed E-state index contributed by atoms with van der Waals surface area (Å²) in [5.74, 6) is 0.505. The predicted octanol–water partition coefficient (Wildman–Crippen LogP) is 6.08. The molecular weight excluding hydrogens is 387 g/mol. The number of halogens is 1. The zero-order valence-electron chi connectivity index (χ0n) is 16.6. The van der Waals surface area contributed by atoms with Crippen molar-refractivity contribution >= 4 is 28.1 Å². The van der Waals surface area contributed by atoms with Crippen molar-refractivity contribution in [1.29, 1.82) is 0 Å². The van der Waals surface area contributed by atoms with Crippen LogP contribution < -0.4 is 10.1 Å². The molecule has 0 radical (unpaired) electrons. The predicted molar refractivity (Wildman–Crippen MR) is 116 cm³/mol. The number of ether oxygens (including phenoxy) is 1. The average molecular weight is 408 g/mol. The van der Waals surface area contributed by atoms with E-state index in [9.17, 15) is 14.5 Å². The van der Waals surface area contributed by atoms with Crippen LogP contribution in [0.5, 0.6) is 5.75 Å². The van der Waals surface area contributed by atoms with Gasteiger partial charge in [-0.3, -0.25) is 10.1 Å². The molecule has 30 heavy (non-hydrogen) atoms. The van der Waals surface area contributed by atoms with Crippen LogP contribution >= 0.6 is 0 Å². The molecule has 3 rings (SSSR count). The number of aromatic nitrogens is 2. The lowest BCUT2D eigenvalue weighted by Gasteiger charge is -2.10. The van der Waals surface area contributed by atoms with Crippen LogP contribution in [-0.2, 0) is 0 Å². The Morgan fingerprint density at radius 1 is 1.20 bits per heavy atom. The van der Waals surface area contributed by atoms with Crippen molar-refractivity contribution in [3.63, 3.8) is 0 Å². The first-order valence-electron chi connectivity index (χ1n) is 9.10. The molecule has 0 saturated heterocycles. The molecule has 0 bridgehead atoms. The maximum absolute atomic E-state index is 13.8. The van der Waals surface area contributed by atoms with E-state index in [0.29, 0.717) is 28.4 Å². The Morgan fingerprint density at radius 3 is 2.50 bits per heavy atom. The van der Waals surface area contributed by atoms with Crippen LogP contribution in [0.4, 0.5) is 21.6 Å². The van der Waals surface area contributed by atoms with Crippen molar-refractivity contribution < 1.29 is 14.1 Å². The highest BCUT2D eigenvalue weighted by atomic mass is 19.1. The molecule has 7 nitrogen and oxygen atoms in total. The maximum atomic E-state index is 13.8. The molecule has 2 aromatic carbocycles. The first-order chi connectivity index (χ1) is 14.5. The van der Waals surface area contributed by atoms with Gasteiger partial charge in [-0.2, -0.15) is 4.39 Å². The fourth-order valence-electron chi connectivity index (χ4n) is 2.44. The minimum Gasteiger partial charge on any atom is -0.457 e. The molecule has 3 aromatic rings. The molecular formula is C22H21FN4O3. The van der Waals surface area contributed by atoms with Gasteiger partial charge in [-0.25, -0.2) is 9.97 Å². The zero-order valence-corrected chi connectivity index (χ0v) is 16.6. The van der Waals surface area contributed by atoms with Gasteiger partial charge in [0.25, 0.3) is 0 Å². The van der Waals surface area contributed by atoms with E-state index < -0.39 is 16.4 Å². The Labute approximate surface area is 173 Å². The standard InChI is InChI=1S/C20H15FN4O3.C2H6/c1-3-5-14(4-2)28-15-8-6-13(7-9-15)24-20-16-10-19(25(26)27)17(21)11-18(16)22-12-23-20;1-2/h3-12H,1-2H2,(H,22,23,24);1-2H3/b14-5+;. The van der Waals surface area contributed by atoms with Gasteiger partial charge in [-0.1, -0.05) is 33.1 Å². The zero-order chi connectivity index (χ0) is 22.1. The fourth-order valence-corrected chi connectivity index (χ4v) is 2.44. The molecule has 0 spiro atoms. The topological polar surface area (TPSA) is 90.2 Å². The van der Waals surface area contributed by atoms with E-state index >= 15 is 0 Å². The van der Waals surface area contributed by atoms with Crippen LogP contribution in [0, 0.1) is 15.9 Å².